The predicted octanol–water partition coefficient (Wildman–Crippen LogP) is -0.0605. The molecule has 0 bridgehead atoms. The number of oxime groups is 1. The van der Waals surface area contributed by atoms with Gasteiger partial charge in [0.25, 0.3) is 11.8 Å². The van der Waals surface area contributed by atoms with Crippen LogP contribution in [0.3, 0.4) is 0 Å². The number of β-lactam (4-membered cyclic amide) rings is 1. The van der Waals surface area contributed by atoms with Crippen molar-refractivity contribution < 1.29 is 43.0 Å². The summed E-state index contributed by atoms with van der Waals surface area (Å²) in [5.41, 5.74) is -0.130. The van der Waals surface area contributed by atoms with Gasteiger partial charge in [-0.2, -0.15) is 0 Å². The number of rotatable bonds is 11. The van der Waals surface area contributed by atoms with Gasteiger partial charge < -0.3 is 24.4 Å². The number of carbonyl (C=O) groups is 5. The number of hydrogen-bond acceptors (Lipinski definition) is 11. The topological polar surface area (TPSA) is 150 Å². The van der Waals surface area contributed by atoms with E-state index >= 15 is 0 Å². The van der Waals surface area contributed by atoms with E-state index in [1.807, 2.05) is 0 Å². The van der Waals surface area contributed by atoms with E-state index in [1.54, 1.807) is 6.92 Å². The van der Waals surface area contributed by atoms with Gasteiger partial charge in [0.2, 0.25) is 17.8 Å². The minimum Gasteiger partial charge on any atom is -0.425 e. The molecule has 2 unspecified atom stereocenters. The lowest BCUT2D eigenvalue weighted by molar-refractivity contribution is -0.184. The van der Waals surface area contributed by atoms with Crippen LogP contribution in [0.4, 0.5) is 0 Å². The highest BCUT2D eigenvalue weighted by Gasteiger charge is 2.55. The Morgan fingerprint density at radius 2 is 1.97 bits per heavy atom. The largest absolute Gasteiger partial charge is 0.425 e. The summed E-state index contributed by atoms with van der Waals surface area (Å²) >= 11 is 6.77. The molecule has 14 heteroatoms. The van der Waals surface area contributed by atoms with Crippen molar-refractivity contribution in [2.24, 2.45) is 5.16 Å². The maximum Gasteiger partial charge on any atom is 0.358 e. The number of Topliss-reactive ketones (excluding diaryl/α,β-unsaturated/α-hetero) is 1. The first kappa shape index (κ1) is 26.6. The number of thioether (sulfide) groups is 1. The van der Waals surface area contributed by atoms with Crippen LogP contribution in [0.5, 0.6) is 0 Å². The molecule has 3 atom stereocenters. The first-order valence-electron chi connectivity index (χ1n) is 9.77. The van der Waals surface area contributed by atoms with Gasteiger partial charge in [0, 0.05) is 26.2 Å². The van der Waals surface area contributed by atoms with Gasteiger partial charge in [0.1, 0.15) is 24.2 Å². The molecule has 0 radical (unpaired) electrons. The molecule has 2 amide bonds. The van der Waals surface area contributed by atoms with E-state index in [2.05, 4.69) is 15.3 Å². The highest BCUT2D eigenvalue weighted by molar-refractivity contribution is 8.00. The zero-order valence-electron chi connectivity index (χ0n) is 18.4. The van der Waals surface area contributed by atoms with Gasteiger partial charge >= 0.3 is 11.9 Å². The first-order chi connectivity index (χ1) is 15.7. The van der Waals surface area contributed by atoms with Crippen LogP contribution in [0, 0.1) is 0 Å². The number of nitrogens with zero attached hydrogens (tertiary/aromatic N) is 2. The lowest BCUT2D eigenvalue weighted by Gasteiger charge is -2.49. The molecule has 12 nitrogen and oxygen atoms in total. The van der Waals surface area contributed by atoms with E-state index in [4.69, 9.17) is 25.8 Å². The molecule has 0 aliphatic carbocycles. The Balaban J connectivity index is 2.20. The van der Waals surface area contributed by atoms with E-state index < -0.39 is 58.8 Å². The molecule has 2 aliphatic rings. The van der Waals surface area contributed by atoms with E-state index in [-0.39, 0.29) is 18.7 Å². The predicted molar refractivity (Wildman–Crippen MR) is 116 cm³/mol. The number of nitrogens with one attached hydrogen (secondary N) is 1. The molecule has 182 valence electrons. The summed E-state index contributed by atoms with van der Waals surface area (Å²) in [4.78, 5) is 67.1. The van der Waals surface area contributed by atoms with E-state index in [9.17, 15) is 24.0 Å². The fourth-order valence-corrected chi connectivity index (χ4v) is 4.49. The van der Waals surface area contributed by atoms with Gasteiger partial charge in [-0.1, -0.05) is 12.1 Å². The highest BCUT2D eigenvalue weighted by Crippen LogP contribution is 2.40. The van der Waals surface area contributed by atoms with Crippen molar-refractivity contribution in [2.45, 2.75) is 38.0 Å². The number of esters is 2. The molecule has 0 saturated carbocycles. The van der Waals surface area contributed by atoms with Gasteiger partial charge in [-0.25, -0.2) is 4.79 Å². The second kappa shape index (κ2) is 12.0. The maximum absolute atomic E-state index is 12.9. The lowest BCUT2D eigenvalue weighted by Crippen LogP contribution is -2.71. The first-order valence-corrected chi connectivity index (χ1v) is 11.4. The average Bonchev–Trinajstić information content (AvgIpc) is 2.79. The number of ketones is 1. The molecule has 0 spiro atoms. The summed E-state index contributed by atoms with van der Waals surface area (Å²) < 4.78 is 15.3. The molecule has 2 aliphatic heterocycles. The zero-order valence-corrected chi connectivity index (χ0v) is 20.0. The zero-order chi connectivity index (χ0) is 24.7. The van der Waals surface area contributed by atoms with E-state index in [0.717, 1.165) is 7.11 Å². The molecule has 0 aromatic heterocycles. The minimum atomic E-state index is -1.17. The number of hydrogen-bond donors (Lipinski definition) is 1. The van der Waals surface area contributed by atoms with Gasteiger partial charge in [-0.05, 0) is 5.57 Å². The molecular formula is C19H24ClN3O9S. The molecule has 1 fully saturated rings. The van der Waals surface area contributed by atoms with Crippen molar-refractivity contribution in [3.63, 3.8) is 0 Å². The van der Waals surface area contributed by atoms with Gasteiger partial charge in [-0.15, -0.1) is 23.4 Å². The van der Waals surface area contributed by atoms with Crippen molar-refractivity contribution in [3.05, 3.63) is 11.3 Å². The Labute approximate surface area is 198 Å². The minimum absolute atomic E-state index is 0.0434. The standard InChI is InChI=1S/C19H24ClN3O9S/c1-5-12(25)31-9(2)32-19(28)15-10(7-29-3)8-33-18-14(17(27)23(15)18)21-16(26)13(22-30-4)11(24)6-20/h9,14,18H,5-8H2,1-4H3,(H,21,26)/b22-13-/t9?,14?,18-/m1/s1. The van der Waals surface area contributed by atoms with Gasteiger partial charge in [0.05, 0.1) is 12.5 Å². The SMILES string of the molecule is CCC(=O)OC(C)OC(=O)C1=C(COC)CS[C@@H]2C(NC(=O)/C(=N\OC)C(=O)CCl)C(=O)N12. The number of fused-ring (bicyclic) bond motifs is 1. The molecule has 1 saturated heterocycles. The van der Waals surface area contributed by atoms with Crippen molar-refractivity contribution in [1.29, 1.82) is 0 Å². The fraction of sp³-hybridized carbons (Fsp3) is 0.579. The summed E-state index contributed by atoms with van der Waals surface area (Å²) in [6.45, 7) is 3.03. The Kier molecular flexibility index (Phi) is 9.68. The molecule has 0 aromatic carbocycles. The maximum atomic E-state index is 12.9. The number of halogens is 1. The van der Waals surface area contributed by atoms with Crippen LogP contribution in [-0.2, 0) is 43.0 Å². The molecule has 33 heavy (non-hydrogen) atoms. The van der Waals surface area contributed by atoms with Gasteiger partial charge in [0.15, 0.2) is 0 Å². The quantitative estimate of drug-likeness (QED) is 0.0769. The van der Waals surface area contributed by atoms with Crippen LogP contribution in [0.15, 0.2) is 16.4 Å². The van der Waals surface area contributed by atoms with Crippen LogP contribution in [-0.4, -0.2) is 90.3 Å². The van der Waals surface area contributed by atoms with Crippen molar-refractivity contribution in [1.82, 2.24) is 10.2 Å². The number of alkyl halides is 1. The molecule has 1 N–H and O–H groups in total. The molecule has 0 aromatic rings. The van der Waals surface area contributed by atoms with Gasteiger partial charge in [-0.3, -0.25) is 24.1 Å². The van der Waals surface area contributed by atoms with Crippen LogP contribution in [0.1, 0.15) is 20.3 Å². The summed E-state index contributed by atoms with van der Waals surface area (Å²) in [5, 5.41) is 5.16. The van der Waals surface area contributed by atoms with Crippen LogP contribution in [0.25, 0.3) is 0 Å². The summed E-state index contributed by atoms with van der Waals surface area (Å²) in [6.07, 6.45) is -1.07. The summed E-state index contributed by atoms with van der Waals surface area (Å²) in [6, 6.07) is -1.03. The normalized spacial score (nSPS) is 20.9. The number of amides is 2. The van der Waals surface area contributed by atoms with Crippen LogP contribution < -0.4 is 5.32 Å². The Hall–Kier alpha value is -2.64. The molecule has 2 rings (SSSR count). The van der Waals surface area contributed by atoms with Crippen molar-refractivity contribution in [3.8, 4) is 0 Å². The Morgan fingerprint density at radius 3 is 2.55 bits per heavy atom. The highest BCUT2D eigenvalue weighted by atomic mass is 35.5. The number of carbonyl (C=O) groups excluding carboxylic acids is 5. The average molecular weight is 506 g/mol. The summed E-state index contributed by atoms with van der Waals surface area (Å²) in [7, 11) is 2.59. The molecule has 2 heterocycles. The lowest BCUT2D eigenvalue weighted by atomic mass is 10.0. The number of methoxy groups -OCH3 is 1. The molecular weight excluding hydrogens is 482 g/mol. The third-order valence-corrected chi connectivity index (χ3v) is 6.07. The van der Waals surface area contributed by atoms with Crippen LogP contribution in [0.2, 0.25) is 0 Å². The smallest absolute Gasteiger partial charge is 0.358 e. The van der Waals surface area contributed by atoms with E-state index in [0.29, 0.717) is 11.3 Å². The third-order valence-electron chi connectivity index (χ3n) is 4.49. The second-order valence-corrected chi connectivity index (χ2v) is 8.11. The Morgan fingerprint density at radius 1 is 1.27 bits per heavy atom. The second-order valence-electron chi connectivity index (χ2n) is 6.74. The van der Waals surface area contributed by atoms with E-state index in [1.165, 1.54) is 30.7 Å². The van der Waals surface area contributed by atoms with Crippen molar-refractivity contribution >= 4 is 58.6 Å². The monoisotopic (exact) mass is 505 g/mol. The fourth-order valence-electron chi connectivity index (χ4n) is 3.04. The number of ether oxygens (including phenoxy) is 3. The van der Waals surface area contributed by atoms with Crippen LogP contribution >= 0.6 is 23.4 Å². The van der Waals surface area contributed by atoms with Crippen molar-refractivity contribution in [2.75, 3.05) is 32.5 Å². The summed E-state index contributed by atoms with van der Waals surface area (Å²) in [5.74, 6) is -3.94. The third kappa shape index (κ3) is 6.03. The Bertz CT molecular complexity index is 892.